The highest BCUT2D eigenvalue weighted by molar-refractivity contribution is 5.92. The summed E-state index contributed by atoms with van der Waals surface area (Å²) >= 11 is 0. The van der Waals surface area contributed by atoms with E-state index in [4.69, 9.17) is 4.98 Å². The van der Waals surface area contributed by atoms with E-state index < -0.39 is 0 Å². The average Bonchev–Trinajstić information content (AvgIpc) is 3.52. The normalized spacial score (nSPS) is 20.5. The van der Waals surface area contributed by atoms with E-state index in [-0.39, 0.29) is 11.9 Å². The first-order valence-electron chi connectivity index (χ1n) is 10.4. The number of nitrogens with zero attached hydrogens (tertiary/aromatic N) is 6. The highest BCUT2D eigenvalue weighted by Gasteiger charge is 2.34. The number of amides is 1. The summed E-state index contributed by atoms with van der Waals surface area (Å²) in [5.74, 6) is 1.76. The first-order valence-corrected chi connectivity index (χ1v) is 10.4. The lowest BCUT2D eigenvalue weighted by atomic mass is 10.1. The highest BCUT2D eigenvalue weighted by atomic mass is 16.2. The Labute approximate surface area is 164 Å². The predicted molar refractivity (Wildman–Crippen MR) is 106 cm³/mol. The van der Waals surface area contributed by atoms with E-state index in [1.54, 1.807) is 10.9 Å². The van der Waals surface area contributed by atoms with Crippen molar-refractivity contribution in [2.45, 2.75) is 57.5 Å². The summed E-state index contributed by atoms with van der Waals surface area (Å²) in [6.07, 6.45) is 9.44. The molecule has 1 atom stereocenters. The van der Waals surface area contributed by atoms with Crippen molar-refractivity contribution in [1.82, 2.24) is 29.2 Å². The molecule has 0 N–H and O–H groups in total. The maximum absolute atomic E-state index is 13.0. The van der Waals surface area contributed by atoms with Crippen LogP contribution < -0.4 is 0 Å². The van der Waals surface area contributed by atoms with Crippen molar-refractivity contribution < 1.29 is 4.79 Å². The Morgan fingerprint density at radius 2 is 2.04 bits per heavy atom. The van der Waals surface area contributed by atoms with Crippen molar-refractivity contribution in [3.63, 3.8) is 0 Å². The SMILES string of the molecule is CCn1nccc1C(=O)N1CC[C@H](n2c(C3CCCC3)nc3cccnc32)C1. The van der Waals surface area contributed by atoms with Crippen LogP contribution in [0.1, 0.15) is 67.3 Å². The van der Waals surface area contributed by atoms with E-state index in [1.165, 1.54) is 31.5 Å². The number of likely N-dealkylation sites (tertiary alicyclic amines) is 1. The van der Waals surface area contributed by atoms with Crippen molar-refractivity contribution >= 4 is 17.1 Å². The van der Waals surface area contributed by atoms with Gasteiger partial charge in [0.25, 0.3) is 5.91 Å². The summed E-state index contributed by atoms with van der Waals surface area (Å²) in [5, 5.41) is 4.25. The molecular weight excluding hydrogens is 352 g/mol. The first-order chi connectivity index (χ1) is 13.8. The molecule has 0 unspecified atom stereocenters. The lowest BCUT2D eigenvalue weighted by Gasteiger charge is -2.20. The van der Waals surface area contributed by atoms with Gasteiger partial charge in [0, 0.05) is 37.9 Å². The quantitative estimate of drug-likeness (QED) is 0.698. The smallest absolute Gasteiger partial charge is 0.272 e. The predicted octanol–water partition coefficient (Wildman–Crippen LogP) is 3.39. The number of aromatic nitrogens is 5. The van der Waals surface area contributed by atoms with Crippen LogP contribution in [0.4, 0.5) is 0 Å². The molecule has 1 saturated heterocycles. The van der Waals surface area contributed by atoms with Crippen LogP contribution in [-0.2, 0) is 6.54 Å². The number of rotatable bonds is 4. The van der Waals surface area contributed by atoms with Gasteiger partial charge in [-0.2, -0.15) is 5.10 Å². The van der Waals surface area contributed by atoms with E-state index in [0.717, 1.165) is 24.1 Å². The van der Waals surface area contributed by atoms with E-state index >= 15 is 0 Å². The summed E-state index contributed by atoms with van der Waals surface area (Å²) in [7, 11) is 0. The van der Waals surface area contributed by atoms with Crippen molar-refractivity contribution in [1.29, 1.82) is 0 Å². The molecule has 1 saturated carbocycles. The fourth-order valence-electron chi connectivity index (χ4n) is 4.84. The molecule has 2 aliphatic rings. The Kier molecular flexibility index (Phi) is 4.37. The van der Waals surface area contributed by atoms with Crippen LogP contribution in [-0.4, -0.2) is 48.2 Å². The molecule has 0 spiro atoms. The van der Waals surface area contributed by atoms with Gasteiger partial charge < -0.3 is 9.47 Å². The molecule has 146 valence electrons. The molecule has 1 amide bonds. The molecule has 2 fully saturated rings. The second kappa shape index (κ2) is 7.04. The Morgan fingerprint density at radius 1 is 1.18 bits per heavy atom. The van der Waals surface area contributed by atoms with Crippen LogP contribution in [0.25, 0.3) is 11.2 Å². The van der Waals surface area contributed by atoms with E-state index in [1.807, 2.05) is 30.2 Å². The molecule has 4 heterocycles. The second-order valence-corrected chi connectivity index (χ2v) is 7.89. The zero-order chi connectivity index (χ0) is 19.1. The molecule has 0 radical (unpaired) electrons. The number of pyridine rings is 1. The van der Waals surface area contributed by atoms with Crippen LogP contribution in [0.5, 0.6) is 0 Å². The third-order valence-corrected chi connectivity index (χ3v) is 6.25. The average molecular weight is 378 g/mol. The number of aryl methyl sites for hydroxylation is 1. The van der Waals surface area contributed by atoms with Gasteiger partial charge in [0.1, 0.15) is 17.0 Å². The van der Waals surface area contributed by atoms with Crippen LogP contribution in [0.2, 0.25) is 0 Å². The molecule has 5 rings (SSSR count). The van der Waals surface area contributed by atoms with Crippen LogP contribution in [0, 0.1) is 0 Å². The maximum Gasteiger partial charge on any atom is 0.272 e. The minimum atomic E-state index is 0.0710. The van der Waals surface area contributed by atoms with Gasteiger partial charge in [0.05, 0.1) is 6.04 Å². The fourth-order valence-corrected chi connectivity index (χ4v) is 4.84. The van der Waals surface area contributed by atoms with Gasteiger partial charge in [-0.15, -0.1) is 0 Å². The van der Waals surface area contributed by atoms with Gasteiger partial charge >= 0.3 is 0 Å². The number of carbonyl (C=O) groups excluding carboxylic acids is 1. The molecule has 3 aromatic heterocycles. The Morgan fingerprint density at radius 3 is 2.86 bits per heavy atom. The summed E-state index contributed by atoms with van der Waals surface area (Å²) in [5.41, 5.74) is 2.60. The molecule has 7 nitrogen and oxygen atoms in total. The molecule has 1 aliphatic carbocycles. The zero-order valence-electron chi connectivity index (χ0n) is 16.3. The Hall–Kier alpha value is -2.70. The summed E-state index contributed by atoms with van der Waals surface area (Å²) < 4.78 is 4.11. The number of hydrogen-bond donors (Lipinski definition) is 0. The van der Waals surface area contributed by atoms with Gasteiger partial charge in [0.2, 0.25) is 0 Å². The Balaban J connectivity index is 1.46. The van der Waals surface area contributed by atoms with Crippen LogP contribution in [0.3, 0.4) is 0 Å². The first kappa shape index (κ1) is 17.4. The minimum absolute atomic E-state index is 0.0710. The minimum Gasteiger partial charge on any atom is -0.335 e. The standard InChI is InChI=1S/C21H26N6O/c1-2-26-18(9-12-23-26)21(28)25-13-10-16(14-25)27-19(15-6-3-4-7-15)24-17-8-5-11-22-20(17)27/h5,8-9,11-12,15-16H,2-4,6-7,10,13-14H2,1H3/t16-/m0/s1. The molecular formula is C21H26N6O. The molecule has 0 bridgehead atoms. The molecule has 28 heavy (non-hydrogen) atoms. The summed E-state index contributed by atoms with van der Waals surface area (Å²) in [4.78, 5) is 24.6. The van der Waals surface area contributed by atoms with Crippen molar-refractivity contribution in [3.8, 4) is 0 Å². The number of carbonyl (C=O) groups is 1. The fraction of sp³-hybridized carbons (Fsp3) is 0.524. The van der Waals surface area contributed by atoms with Crippen molar-refractivity contribution in [2.75, 3.05) is 13.1 Å². The van der Waals surface area contributed by atoms with E-state index in [0.29, 0.717) is 24.7 Å². The summed E-state index contributed by atoms with van der Waals surface area (Å²) in [6.45, 7) is 4.17. The molecule has 0 aromatic carbocycles. The third kappa shape index (κ3) is 2.80. The van der Waals surface area contributed by atoms with Crippen molar-refractivity contribution in [3.05, 3.63) is 42.1 Å². The Bertz CT molecular complexity index is 999. The van der Waals surface area contributed by atoms with E-state index in [2.05, 4.69) is 20.7 Å². The largest absolute Gasteiger partial charge is 0.335 e. The van der Waals surface area contributed by atoms with Gasteiger partial charge in [0.15, 0.2) is 5.65 Å². The van der Waals surface area contributed by atoms with Crippen molar-refractivity contribution in [2.24, 2.45) is 0 Å². The molecule has 1 aliphatic heterocycles. The zero-order valence-corrected chi connectivity index (χ0v) is 16.3. The lowest BCUT2D eigenvalue weighted by molar-refractivity contribution is 0.0775. The van der Waals surface area contributed by atoms with Crippen LogP contribution in [0.15, 0.2) is 30.6 Å². The van der Waals surface area contributed by atoms with Crippen LogP contribution >= 0.6 is 0 Å². The van der Waals surface area contributed by atoms with E-state index in [9.17, 15) is 4.79 Å². The highest BCUT2D eigenvalue weighted by Crippen LogP contribution is 2.38. The third-order valence-electron chi connectivity index (χ3n) is 6.25. The van der Waals surface area contributed by atoms with Gasteiger partial charge in [-0.05, 0) is 44.4 Å². The number of imidazole rings is 1. The number of fused-ring (bicyclic) bond motifs is 1. The monoisotopic (exact) mass is 378 g/mol. The number of hydrogen-bond acceptors (Lipinski definition) is 4. The lowest BCUT2D eigenvalue weighted by Crippen LogP contribution is -2.31. The molecule has 3 aromatic rings. The maximum atomic E-state index is 13.0. The van der Waals surface area contributed by atoms with Gasteiger partial charge in [-0.25, -0.2) is 9.97 Å². The summed E-state index contributed by atoms with van der Waals surface area (Å²) in [6, 6.07) is 6.05. The molecule has 7 heteroatoms. The second-order valence-electron chi connectivity index (χ2n) is 7.89. The van der Waals surface area contributed by atoms with Gasteiger partial charge in [-0.3, -0.25) is 9.48 Å². The van der Waals surface area contributed by atoms with Gasteiger partial charge in [-0.1, -0.05) is 12.8 Å². The topological polar surface area (TPSA) is 68.8 Å².